The first-order valence-corrected chi connectivity index (χ1v) is 10.5. The van der Waals surface area contributed by atoms with Crippen molar-refractivity contribution in [1.29, 1.82) is 0 Å². The van der Waals surface area contributed by atoms with Gasteiger partial charge in [0.2, 0.25) is 0 Å². The van der Waals surface area contributed by atoms with Gasteiger partial charge in [0.15, 0.2) is 4.80 Å². The van der Waals surface area contributed by atoms with Gasteiger partial charge < -0.3 is 4.57 Å². The monoisotopic (exact) mass is 411 g/mol. The summed E-state index contributed by atoms with van der Waals surface area (Å²) in [5.41, 5.74) is 4.06. The van der Waals surface area contributed by atoms with Crippen LogP contribution in [0.1, 0.15) is 5.56 Å². The van der Waals surface area contributed by atoms with E-state index in [0.29, 0.717) is 6.54 Å². The first-order valence-electron chi connectivity index (χ1n) is 9.63. The zero-order valence-corrected chi connectivity index (χ0v) is 16.9. The van der Waals surface area contributed by atoms with E-state index in [-0.39, 0.29) is 5.82 Å². The second-order valence-corrected chi connectivity index (χ2v) is 7.80. The summed E-state index contributed by atoms with van der Waals surface area (Å²) in [6.07, 6.45) is 3.49. The summed E-state index contributed by atoms with van der Waals surface area (Å²) in [6.45, 7) is 0.599. The highest BCUT2D eigenvalue weighted by Crippen LogP contribution is 2.29. The maximum atomic E-state index is 13.4. The quantitative estimate of drug-likeness (QED) is 0.347. The van der Waals surface area contributed by atoms with Gasteiger partial charge in [-0.3, -0.25) is 4.98 Å². The highest BCUT2D eigenvalue weighted by molar-refractivity contribution is 7.07. The van der Waals surface area contributed by atoms with Crippen LogP contribution in [0.25, 0.3) is 22.0 Å². The van der Waals surface area contributed by atoms with Crippen LogP contribution in [-0.4, -0.2) is 9.55 Å². The molecule has 0 bridgehead atoms. The molecule has 5 rings (SSSR count). The second-order valence-electron chi connectivity index (χ2n) is 6.97. The average molecular weight is 412 g/mol. The predicted molar refractivity (Wildman–Crippen MR) is 120 cm³/mol. The SMILES string of the molecule is Fc1ccc(Cn2c(-c3cccc4ccccc34)csc2=Nc2cccnc2)cc1. The minimum atomic E-state index is -0.233. The van der Waals surface area contributed by atoms with Crippen LogP contribution in [0.5, 0.6) is 0 Å². The highest BCUT2D eigenvalue weighted by Gasteiger charge is 2.12. The minimum absolute atomic E-state index is 0.233. The third-order valence-corrected chi connectivity index (χ3v) is 5.85. The molecule has 0 fully saturated rings. The Morgan fingerprint density at radius 1 is 0.900 bits per heavy atom. The van der Waals surface area contributed by atoms with E-state index < -0.39 is 0 Å². The maximum absolute atomic E-state index is 13.4. The van der Waals surface area contributed by atoms with Gasteiger partial charge >= 0.3 is 0 Å². The van der Waals surface area contributed by atoms with Crippen molar-refractivity contribution in [2.45, 2.75) is 6.54 Å². The molecule has 0 N–H and O–H groups in total. The summed E-state index contributed by atoms with van der Waals surface area (Å²) in [4.78, 5) is 9.87. The van der Waals surface area contributed by atoms with Crippen molar-refractivity contribution in [3.8, 4) is 11.3 Å². The van der Waals surface area contributed by atoms with Crippen molar-refractivity contribution in [2.24, 2.45) is 4.99 Å². The summed E-state index contributed by atoms with van der Waals surface area (Å²) in [6, 6.07) is 25.2. The molecule has 0 amide bonds. The number of hydrogen-bond donors (Lipinski definition) is 0. The van der Waals surface area contributed by atoms with Gasteiger partial charge in [0.25, 0.3) is 0 Å². The number of fused-ring (bicyclic) bond motifs is 1. The van der Waals surface area contributed by atoms with Crippen molar-refractivity contribution in [3.05, 3.63) is 113 Å². The zero-order valence-electron chi connectivity index (χ0n) is 16.1. The lowest BCUT2D eigenvalue weighted by molar-refractivity contribution is 0.626. The molecular formula is C25H18FN3S. The van der Waals surface area contributed by atoms with E-state index in [0.717, 1.165) is 27.3 Å². The van der Waals surface area contributed by atoms with Crippen LogP contribution in [0.4, 0.5) is 10.1 Å². The van der Waals surface area contributed by atoms with Gasteiger partial charge in [-0.15, -0.1) is 11.3 Å². The van der Waals surface area contributed by atoms with Gasteiger partial charge in [-0.2, -0.15) is 0 Å². The van der Waals surface area contributed by atoms with Crippen LogP contribution in [0.2, 0.25) is 0 Å². The molecule has 0 atom stereocenters. The van der Waals surface area contributed by atoms with Crippen LogP contribution in [0.15, 0.2) is 102 Å². The standard InChI is InChI=1S/C25H18FN3S/c26-20-12-10-18(11-13-20)16-29-24(17-30-25(29)28-21-7-4-14-27-15-21)23-9-3-6-19-5-1-2-8-22(19)23/h1-15,17H,16H2. The molecule has 3 aromatic carbocycles. The summed E-state index contributed by atoms with van der Waals surface area (Å²) in [7, 11) is 0. The lowest BCUT2D eigenvalue weighted by atomic mass is 10.0. The third kappa shape index (κ3) is 3.67. The van der Waals surface area contributed by atoms with Crippen molar-refractivity contribution in [2.75, 3.05) is 0 Å². The van der Waals surface area contributed by atoms with E-state index in [1.54, 1.807) is 23.7 Å². The molecule has 5 heteroatoms. The molecule has 0 saturated carbocycles. The van der Waals surface area contributed by atoms with E-state index in [2.05, 4.69) is 57.4 Å². The molecule has 2 aromatic heterocycles. The van der Waals surface area contributed by atoms with Crippen LogP contribution in [-0.2, 0) is 6.54 Å². The minimum Gasteiger partial charge on any atom is -0.312 e. The molecule has 0 aliphatic carbocycles. The number of pyridine rings is 1. The Morgan fingerprint density at radius 2 is 1.73 bits per heavy atom. The number of thiazole rings is 1. The van der Waals surface area contributed by atoms with Crippen molar-refractivity contribution < 1.29 is 4.39 Å². The number of rotatable bonds is 4. The smallest absolute Gasteiger partial charge is 0.190 e. The van der Waals surface area contributed by atoms with Gasteiger partial charge in [-0.05, 0) is 40.6 Å². The van der Waals surface area contributed by atoms with Gasteiger partial charge in [-0.1, -0.05) is 54.6 Å². The molecule has 0 saturated heterocycles. The van der Waals surface area contributed by atoms with E-state index in [4.69, 9.17) is 4.99 Å². The summed E-state index contributed by atoms with van der Waals surface area (Å²) in [5, 5.41) is 4.53. The van der Waals surface area contributed by atoms with E-state index in [9.17, 15) is 4.39 Å². The number of aromatic nitrogens is 2. The molecule has 0 radical (unpaired) electrons. The lowest BCUT2D eigenvalue weighted by Crippen LogP contribution is -2.16. The zero-order chi connectivity index (χ0) is 20.3. The Hall–Kier alpha value is -3.57. The molecule has 0 spiro atoms. The molecule has 0 aliphatic heterocycles. The van der Waals surface area contributed by atoms with Crippen molar-refractivity contribution >= 4 is 27.8 Å². The van der Waals surface area contributed by atoms with Crippen LogP contribution < -0.4 is 4.80 Å². The van der Waals surface area contributed by atoms with Gasteiger partial charge in [0.05, 0.1) is 24.1 Å². The Morgan fingerprint density at radius 3 is 2.57 bits per heavy atom. The number of halogens is 1. The molecule has 5 aromatic rings. The summed E-state index contributed by atoms with van der Waals surface area (Å²) < 4.78 is 15.6. The fourth-order valence-electron chi connectivity index (χ4n) is 3.54. The average Bonchev–Trinajstić information content (AvgIpc) is 3.17. The first-order chi connectivity index (χ1) is 14.8. The van der Waals surface area contributed by atoms with Crippen LogP contribution in [0, 0.1) is 5.82 Å². The second kappa shape index (κ2) is 8.05. The van der Waals surface area contributed by atoms with E-state index >= 15 is 0 Å². The van der Waals surface area contributed by atoms with E-state index in [1.807, 2.05) is 24.3 Å². The number of hydrogen-bond acceptors (Lipinski definition) is 3. The molecule has 146 valence electrons. The molecule has 3 nitrogen and oxygen atoms in total. The third-order valence-electron chi connectivity index (χ3n) is 4.99. The first kappa shape index (κ1) is 18.5. The lowest BCUT2D eigenvalue weighted by Gasteiger charge is -2.12. The summed E-state index contributed by atoms with van der Waals surface area (Å²) >= 11 is 1.59. The molecular weight excluding hydrogens is 393 g/mol. The molecule has 0 aliphatic rings. The molecule has 0 unspecified atom stereocenters. The highest BCUT2D eigenvalue weighted by atomic mass is 32.1. The Labute approximate surface area is 177 Å². The van der Waals surface area contributed by atoms with Crippen LogP contribution >= 0.6 is 11.3 Å². The predicted octanol–water partition coefficient (Wildman–Crippen LogP) is 6.18. The fraction of sp³-hybridized carbons (Fsp3) is 0.0400. The molecule has 2 heterocycles. The summed E-state index contributed by atoms with van der Waals surface area (Å²) in [5.74, 6) is -0.233. The van der Waals surface area contributed by atoms with Crippen molar-refractivity contribution in [1.82, 2.24) is 9.55 Å². The van der Waals surface area contributed by atoms with Crippen molar-refractivity contribution in [3.63, 3.8) is 0 Å². The number of benzene rings is 3. The van der Waals surface area contributed by atoms with E-state index in [1.165, 1.54) is 22.9 Å². The Balaban J connectivity index is 1.71. The van der Waals surface area contributed by atoms with Gasteiger partial charge in [-0.25, -0.2) is 9.38 Å². The molecule has 30 heavy (non-hydrogen) atoms. The fourth-order valence-corrected chi connectivity index (χ4v) is 4.46. The topological polar surface area (TPSA) is 30.2 Å². The Kier molecular flexibility index (Phi) is 4.95. The largest absolute Gasteiger partial charge is 0.312 e. The Bertz CT molecular complexity index is 1360. The maximum Gasteiger partial charge on any atom is 0.190 e. The normalized spacial score (nSPS) is 11.8. The van der Waals surface area contributed by atoms with Gasteiger partial charge in [0, 0.05) is 17.1 Å². The van der Waals surface area contributed by atoms with Gasteiger partial charge in [0.1, 0.15) is 5.82 Å². The van der Waals surface area contributed by atoms with Crippen LogP contribution in [0.3, 0.4) is 0 Å². The number of nitrogens with zero attached hydrogens (tertiary/aromatic N) is 3.